The third kappa shape index (κ3) is 3.65. The van der Waals surface area contributed by atoms with E-state index in [4.69, 9.17) is 0 Å². The van der Waals surface area contributed by atoms with E-state index in [-0.39, 0.29) is 12.3 Å². The normalized spacial score (nSPS) is 10.6. The number of amides is 1. The van der Waals surface area contributed by atoms with E-state index in [0.29, 0.717) is 11.6 Å². The lowest BCUT2D eigenvalue weighted by atomic mass is 10.1. The standard InChI is InChI=1S/C18H14N6OS/c25-17(10-13-2-4-14(5-3-13)24-9-1-7-21-24)22-16-6-8-20-18(23-16)15-11-19-12-26-15/h1-9,11-12H,10H2,(H,20,22,23,25). The summed E-state index contributed by atoms with van der Waals surface area (Å²) in [7, 11) is 0. The molecule has 3 aromatic heterocycles. The minimum atomic E-state index is -0.134. The van der Waals surface area contributed by atoms with Crippen molar-refractivity contribution in [2.75, 3.05) is 5.32 Å². The monoisotopic (exact) mass is 362 g/mol. The highest BCUT2D eigenvalue weighted by molar-refractivity contribution is 7.13. The zero-order chi connectivity index (χ0) is 17.8. The summed E-state index contributed by atoms with van der Waals surface area (Å²) in [5.74, 6) is 0.890. The van der Waals surface area contributed by atoms with Crippen LogP contribution in [0.2, 0.25) is 0 Å². The Morgan fingerprint density at radius 3 is 2.77 bits per heavy atom. The van der Waals surface area contributed by atoms with Crippen LogP contribution in [0.1, 0.15) is 5.56 Å². The fourth-order valence-corrected chi connectivity index (χ4v) is 2.99. The molecular formula is C18H14N6OS. The molecule has 1 N–H and O–H groups in total. The zero-order valence-electron chi connectivity index (χ0n) is 13.6. The summed E-state index contributed by atoms with van der Waals surface area (Å²) >= 11 is 1.45. The van der Waals surface area contributed by atoms with Crippen LogP contribution < -0.4 is 5.32 Å². The fraction of sp³-hybridized carbons (Fsp3) is 0.0556. The van der Waals surface area contributed by atoms with Crippen LogP contribution in [0.25, 0.3) is 16.4 Å². The Morgan fingerprint density at radius 1 is 1.15 bits per heavy atom. The summed E-state index contributed by atoms with van der Waals surface area (Å²) < 4.78 is 1.77. The molecule has 4 aromatic rings. The van der Waals surface area contributed by atoms with Crippen molar-refractivity contribution in [3.05, 3.63) is 72.3 Å². The van der Waals surface area contributed by atoms with Crippen molar-refractivity contribution in [2.24, 2.45) is 0 Å². The van der Waals surface area contributed by atoms with Gasteiger partial charge in [-0.15, -0.1) is 11.3 Å². The van der Waals surface area contributed by atoms with E-state index in [0.717, 1.165) is 16.1 Å². The molecule has 1 amide bonds. The van der Waals surface area contributed by atoms with E-state index in [1.54, 1.807) is 34.8 Å². The minimum Gasteiger partial charge on any atom is -0.310 e. The number of anilines is 1. The van der Waals surface area contributed by atoms with Gasteiger partial charge in [0.1, 0.15) is 5.82 Å². The van der Waals surface area contributed by atoms with Gasteiger partial charge in [-0.05, 0) is 29.8 Å². The molecule has 1 aromatic carbocycles. The van der Waals surface area contributed by atoms with Crippen LogP contribution in [-0.2, 0) is 11.2 Å². The second-order valence-corrected chi connectivity index (χ2v) is 6.36. The Bertz CT molecular complexity index is 997. The molecule has 0 radical (unpaired) electrons. The SMILES string of the molecule is O=C(Cc1ccc(-n2cccn2)cc1)Nc1ccnc(-c2cncs2)n1. The van der Waals surface area contributed by atoms with Gasteiger partial charge >= 0.3 is 0 Å². The molecule has 0 fully saturated rings. The maximum Gasteiger partial charge on any atom is 0.229 e. The number of rotatable bonds is 5. The second-order valence-electron chi connectivity index (χ2n) is 5.47. The molecule has 0 saturated carbocycles. The van der Waals surface area contributed by atoms with Crippen LogP contribution in [0, 0.1) is 0 Å². The summed E-state index contributed by atoms with van der Waals surface area (Å²) in [5.41, 5.74) is 3.58. The van der Waals surface area contributed by atoms with E-state index in [9.17, 15) is 4.79 Å². The first-order valence-corrected chi connectivity index (χ1v) is 8.76. The molecule has 0 atom stereocenters. The quantitative estimate of drug-likeness (QED) is 0.590. The van der Waals surface area contributed by atoms with Gasteiger partial charge in [0.25, 0.3) is 0 Å². The molecule has 0 spiro atoms. The number of hydrogen-bond acceptors (Lipinski definition) is 6. The number of nitrogens with one attached hydrogen (secondary N) is 1. The van der Waals surface area contributed by atoms with Gasteiger partial charge in [-0.25, -0.2) is 14.6 Å². The number of thiazole rings is 1. The zero-order valence-corrected chi connectivity index (χ0v) is 14.4. The summed E-state index contributed by atoms with van der Waals surface area (Å²) in [6, 6.07) is 11.2. The first-order chi connectivity index (χ1) is 12.8. The topological polar surface area (TPSA) is 85.6 Å². The second kappa shape index (κ2) is 7.24. The Hall–Kier alpha value is -3.39. The Morgan fingerprint density at radius 2 is 2.04 bits per heavy atom. The van der Waals surface area contributed by atoms with Crippen molar-refractivity contribution < 1.29 is 4.79 Å². The van der Waals surface area contributed by atoms with Gasteiger partial charge in [0, 0.05) is 24.8 Å². The molecule has 0 unspecified atom stereocenters. The third-order valence-electron chi connectivity index (χ3n) is 3.65. The molecule has 8 heteroatoms. The molecule has 0 aliphatic heterocycles. The molecule has 0 saturated heterocycles. The molecule has 0 aliphatic carbocycles. The summed E-state index contributed by atoms with van der Waals surface area (Å²) in [5, 5.41) is 6.99. The lowest BCUT2D eigenvalue weighted by Crippen LogP contribution is -2.15. The number of carbonyl (C=O) groups excluding carboxylic acids is 1. The van der Waals surface area contributed by atoms with E-state index < -0.39 is 0 Å². The van der Waals surface area contributed by atoms with Gasteiger partial charge in [-0.1, -0.05) is 12.1 Å². The smallest absolute Gasteiger partial charge is 0.229 e. The van der Waals surface area contributed by atoms with E-state index >= 15 is 0 Å². The Kier molecular flexibility index (Phi) is 4.48. The van der Waals surface area contributed by atoms with E-state index in [1.807, 2.05) is 36.5 Å². The summed E-state index contributed by atoms with van der Waals surface area (Å²) in [6.07, 6.45) is 7.18. The van der Waals surface area contributed by atoms with Gasteiger partial charge in [0.05, 0.1) is 22.5 Å². The summed E-state index contributed by atoms with van der Waals surface area (Å²) in [4.78, 5) is 25.7. The van der Waals surface area contributed by atoms with Gasteiger partial charge in [-0.2, -0.15) is 5.10 Å². The van der Waals surface area contributed by atoms with Crippen molar-refractivity contribution in [3.63, 3.8) is 0 Å². The average Bonchev–Trinajstić information content (AvgIpc) is 3.37. The number of carbonyl (C=O) groups is 1. The van der Waals surface area contributed by atoms with E-state index in [1.165, 1.54) is 11.3 Å². The van der Waals surface area contributed by atoms with Crippen molar-refractivity contribution in [1.82, 2.24) is 24.7 Å². The fourth-order valence-electron chi connectivity index (χ4n) is 2.43. The first kappa shape index (κ1) is 16.1. The number of aromatic nitrogens is 5. The lowest BCUT2D eigenvalue weighted by Gasteiger charge is -2.06. The maximum atomic E-state index is 12.3. The predicted molar refractivity (Wildman–Crippen MR) is 99.0 cm³/mol. The van der Waals surface area contributed by atoms with Crippen LogP contribution in [0.4, 0.5) is 5.82 Å². The lowest BCUT2D eigenvalue weighted by molar-refractivity contribution is -0.115. The Labute approximate surface area is 153 Å². The van der Waals surface area contributed by atoms with E-state index in [2.05, 4.69) is 25.4 Å². The third-order valence-corrected chi connectivity index (χ3v) is 4.41. The largest absolute Gasteiger partial charge is 0.310 e. The summed E-state index contributed by atoms with van der Waals surface area (Å²) in [6.45, 7) is 0. The van der Waals surface area contributed by atoms with Gasteiger partial charge in [-0.3, -0.25) is 9.78 Å². The Balaban J connectivity index is 1.42. The predicted octanol–water partition coefficient (Wildman–Crippen LogP) is 2.97. The van der Waals surface area contributed by atoms with Crippen LogP contribution >= 0.6 is 11.3 Å². The van der Waals surface area contributed by atoms with Crippen LogP contribution in [-0.4, -0.2) is 30.6 Å². The highest BCUT2D eigenvalue weighted by Gasteiger charge is 2.08. The van der Waals surface area contributed by atoms with Crippen molar-refractivity contribution in [1.29, 1.82) is 0 Å². The number of nitrogens with zero attached hydrogens (tertiary/aromatic N) is 5. The number of benzene rings is 1. The highest BCUT2D eigenvalue weighted by atomic mass is 32.1. The first-order valence-electron chi connectivity index (χ1n) is 7.89. The van der Waals surface area contributed by atoms with Crippen molar-refractivity contribution in [3.8, 4) is 16.4 Å². The maximum absolute atomic E-state index is 12.3. The van der Waals surface area contributed by atoms with Crippen molar-refractivity contribution in [2.45, 2.75) is 6.42 Å². The van der Waals surface area contributed by atoms with Gasteiger partial charge in [0.15, 0.2) is 5.82 Å². The molecule has 4 rings (SSSR count). The molecule has 0 aliphatic rings. The molecular weight excluding hydrogens is 348 g/mol. The molecule has 0 bridgehead atoms. The van der Waals surface area contributed by atoms with Crippen molar-refractivity contribution >= 4 is 23.1 Å². The van der Waals surface area contributed by atoms with Crippen LogP contribution in [0.15, 0.2) is 66.7 Å². The molecule has 26 heavy (non-hydrogen) atoms. The average molecular weight is 362 g/mol. The van der Waals surface area contributed by atoms with Crippen LogP contribution in [0.3, 0.4) is 0 Å². The van der Waals surface area contributed by atoms with Gasteiger partial charge in [0.2, 0.25) is 5.91 Å². The molecule has 3 heterocycles. The minimum absolute atomic E-state index is 0.134. The molecule has 128 valence electrons. The number of hydrogen-bond donors (Lipinski definition) is 1. The highest BCUT2D eigenvalue weighted by Crippen LogP contribution is 2.20. The van der Waals surface area contributed by atoms with Gasteiger partial charge < -0.3 is 5.32 Å². The molecule has 7 nitrogen and oxygen atoms in total. The van der Waals surface area contributed by atoms with Crippen LogP contribution in [0.5, 0.6) is 0 Å².